The summed E-state index contributed by atoms with van der Waals surface area (Å²) in [5, 5.41) is 17.1. The molecule has 0 bridgehead atoms. The van der Waals surface area contributed by atoms with E-state index in [0.717, 1.165) is 0 Å². The lowest BCUT2D eigenvalue weighted by Gasteiger charge is -1.99. The van der Waals surface area contributed by atoms with E-state index < -0.39 is 6.29 Å². The van der Waals surface area contributed by atoms with Crippen molar-refractivity contribution < 1.29 is 10.2 Å². The average Bonchev–Trinajstić information content (AvgIpc) is 1.90. The summed E-state index contributed by atoms with van der Waals surface area (Å²) in [5.74, 6) is 0. The van der Waals surface area contributed by atoms with E-state index in [1.165, 1.54) is 0 Å². The molecule has 0 fully saturated rings. The first-order chi connectivity index (χ1) is 4.30. The van der Waals surface area contributed by atoms with Crippen LogP contribution in [0.25, 0.3) is 0 Å². The molecule has 2 N–H and O–H groups in total. The third-order valence-electron chi connectivity index (χ3n) is 1.04. The molecule has 0 saturated carbocycles. The number of benzene rings is 1. The van der Waals surface area contributed by atoms with Crippen molar-refractivity contribution >= 4 is 0 Å². The molecule has 0 aromatic heterocycles. The minimum atomic E-state index is -1.36. The fourth-order valence-electron chi connectivity index (χ4n) is 0.572. The summed E-state index contributed by atoms with van der Waals surface area (Å²) in [6.45, 7) is 0. The van der Waals surface area contributed by atoms with Gasteiger partial charge in [-0.05, 0) is 6.07 Å². The van der Waals surface area contributed by atoms with Crippen LogP contribution in [0.2, 0.25) is 0 Å². The van der Waals surface area contributed by atoms with E-state index in [4.69, 9.17) is 10.2 Å². The van der Waals surface area contributed by atoms with E-state index in [9.17, 15) is 0 Å². The summed E-state index contributed by atoms with van der Waals surface area (Å²) in [5.41, 5.74) is 0.494. The van der Waals surface area contributed by atoms with Crippen LogP contribution in [-0.2, 0) is 0 Å². The van der Waals surface area contributed by atoms with Crippen molar-refractivity contribution in [3.63, 3.8) is 0 Å². The largest absolute Gasteiger partial charge is 0.364 e. The van der Waals surface area contributed by atoms with Crippen LogP contribution in [0.1, 0.15) is 11.9 Å². The van der Waals surface area contributed by atoms with Crippen LogP contribution in [-0.4, -0.2) is 10.2 Å². The maximum absolute atomic E-state index is 8.57. The SMILES string of the molecule is OC(O)c1cc[c]cc1. The Bertz CT molecular complexity index is 170. The average molecular weight is 123 g/mol. The first-order valence-electron chi connectivity index (χ1n) is 2.63. The predicted molar refractivity (Wildman–Crippen MR) is 32.5 cm³/mol. The molecule has 2 heteroatoms. The van der Waals surface area contributed by atoms with Crippen LogP contribution in [0, 0.1) is 6.07 Å². The van der Waals surface area contributed by atoms with E-state index in [1.807, 2.05) is 0 Å². The number of rotatable bonds is 1. The van der Waals surface area contributed by atoms with E-state index in [-0.39, 0.29) is 0 Å². The molecule has 0 atom stereocenters. The Morgan fingerprint density at radius 2 is 1.78 bits per heavy atom. The first kappa shape index (κ1) is 6.26. The van der Waals surface area contributed by atoms with Crippen molar-refractivity contribution in [2.45, 2.75) is 6.29 Å². The molecule has 1 aromatic rings. The lowest BCUT2D eigenvalue weighted by Crippen LogP contribution is -1.92. The van der Waals surface area contributed by atoms with Crippen LogP contribution >= 0.6 is 0 Å². The van der Waals surface area contributed by atoms with E-state index in [2.05, 4.69) is 6.07 Å². The summed E-state index contributed by atoms with van der Waals surface area (Å²) < 4.78 is 0. The van der Waals surface area contributed by atoms with E-state index >= 15 is 0 Å². The normalized spacial score (nSPS) is 10.1. The van der Waals surface area contributed by atoms with E-state index in [1.54, 1.807) is 24.3 Å². The van der Waals surface area contributed by atoms with Gasteiger partial charge in [-0.2, -0.15) is 0 Å². The van der Waals surface area contributed by atoms with E-state index in [0.29, 0.717) is 5.56 Å². The van der Waals surface area contributed by atoms with Crippen LogP contribution in [0.3, 0.4) is 0 Å². The molecular weight excluding hydrogens is 116 g/mol. The zero-order valence-corrected chi connectivity index (χ0v) is 4.78. The van der Waals surface area contributed by atoms with Crippen molar-refractivity contribution in [2.75, 3.05) is 0 Å². The summed E-state index contributed by atoms with van der Waals surface area (Å²) in [6, 6.07) is 9.24. The van der Waals surface area contributed by atoms with Crippen molar-refractivity contribution in [3.8, 4) is 0 Å². The zero-order chi connectivity index (χ0) is 6.69. The smallest absolute Gasteiger partial charge is 0.178 e. The molecule has 0 unspecified atom stereocenters. The Labute approximate surface area is 53.4 Å². The van der Waals surface area contributed by atoms with Gasteiger partial charge in [-0.3, -0.25) is 0 Å². The third kappa shape index (κ3) is 1.52. The molecule has 1 radical (unpaired) electrons. The Kier molecular flexibility index (Phi) is 1.82. The van der Waals surface area contributed by atoms with Crippen molar-refractivity contribution in [3.05, 3.63) is 35.9 Å². The molecule has 0 aliphatic carbocycles. The van der Waals surface area contributed by atoms with Gasteiger partial charge in [0.15, 0.2) is 6.29 Å². The number of hydrogen-bond acceptors (Lipinski definition) is 2. The van der Waals surface area contributed by atoms with Crippen LogP contribution in [0.4, 0.5) is 0 Å². The van der Waals surface area contributed by atoms with Gasteiger partial charge in [0.25, 0.3) is 0 Å². The Morgan fingerprint density at radius 3 is 2.11 bits per heavy atom. The fourth-order valence-corrected chi connectivity index (χ4v) is 0.572. The highest BCUT2D eigenvalue weighted by atomic mass is 16.5. The molecule has 47 valence electrons. The van der Waals surface area contributed by atoms with Crippen molar-refractivity contribution in [1.82, 2.24) is 0 Å². The molecule has 2 nitrogen and oxygen atoms in total. The maximum atomic E-state index is 8.57. The van der Waals surface area contributed by atoms with Gasteiger partial charge >= 0.3 is 0 Å². The summed E-state index contributed by atoms with van der Waals surface area (Å²) >= 11 is 0. The van der Waals surface area contributed by atoms with Gasteiger partial charge in [-0.25, -0.2) is 0 Å². The molecule has 9 heavy (non-hydrogen) atoms. The zero-order valence-electron chi connectivity index (χ0n) is 4.78. The van der Waals surface area contributed by atoms with Gasteiger partial charge < -0.3 is 10.2 Å². The Hall–Kier alpha value is -0.860. The monoisotopic (exact) mass is 123 g/mol. The number of aliphatic hydroxyl groups excluding tert-OH is 1. The molecule has 0 spiro atoms. The van der Waals surface area contributed by atoms with Crippen molar-refractivity contribution in [1.29, 1.82) is 0 Å². The highest BCUT2D eigenvalue weighted by Crippen LogP contribution is 2.06. The second-order valence-electron chi connectivity index (χ2n) is 1.71. The van der Waals surface area contributed by atoms with Gasteiger partial charge in [0.05, 0.1) is 0 Å². The quantitative estimate of drug-likeness (QED) is 0.533. The number of aliphatic hydroxyl groups is 2. The highest BCUT2D eigenvalue weighted by Gasteiger charge is 1.97. The second-order valence-corrected chi connectivity index (χ2v) is 1.71. The summed E-state index contributed by atoms with van der Waals surface area (Å²) in [6.07, 6.45) is -1.36. The Morgan fingerprint density at radius 1 is 1.22 bits per heavy atom. The van der Waals surface area contributed by atoms with Crippen LogP contribution < -0.4 is 0 Å². The van der Waals surface area contributed by atoms with Crippen LogP contribution in [0.15, 0.2) is 24.3 Å². The van der Waals surface area contributed by atoms with Crippen molar-refractivity contribution in [2.24, 2.45) is 0 Å². The van der Waals surface area contributed by atoms with Crippen LogP contribution in [0.5, 0.6) is 0 Å². The van der Waals surface area contributed by atoms with Gasteiger partial charge in [0.1, 0.15) is 0 Å². The fraction of sp³-hybridized carbons (Fsp3) is 0.143. The molecule has 0 amide bonds. The molecule has 0 aliphatic rings. The Balaban J connectivity index is 2.85. The maximum Gasteiger partial charge on any atom is 0.178 e. The lowest BCUT2D eigenvalue weighted by atomic mass is 10.2. The van der Waals surface area contributed by atoms with Gasteiger partial charge in [0.2, 0.25) is 0 Å². The second kappa shape index (κ2) is 2.62. The lowest BCUT2D eigenvalue weighted by molar-refractivity contribution is -0.0424. The summed E-state index contributed by atoms with van der Waals surface area (Å²) in [7, 11) is 0. The molecule has 1 aromatic carbocycles. The van der Waals surface area contributed by atoms with Gasteiger partial charge in [-0.15, -0.1) is 0 Å². The minimum absolute atomic E-state index is 0.494. The molecule has 0 saturated heterocycles. The first-order valence-corrected chi connectivity index (χ1v) is 2.63. The highest BCUT2D eigenvalue weighted by molar-refractivity contribution is 5.14. The predicted octanol–water partition coefficient (Wildman–Crippen LogP) is 0.470. The summed E-state index contributed by atoms with van der Waals surface area (Å²) in [4.78, 5) is 0. The third-order valence-corrected chi connectivity index (χ3v) is 1.04. The number of hydrogen-bond donors (Lipinski definition) is 2. The molecular formula is C7H7O2. The van der Waals surface area contributed by atoms with Gasteiger partial charge in [0, 0.05) is 5.56 Å². The van der Waals surface area contributed by atoms with Gasteiger partial charge in [-0.1, -0.05) is 24.3 Å². The molecule has 0 aliphatic heterocycles. The minimum Gasteiger partial charge on any atom is -0.364 e. The standard InChI is InChI=1S/C7H7O2/c8-7(9)6-4-2-1-3-5-6/h2-5,7-9H. The topological polar surface area (TPSA) is 40.5 Å². The molecule has 0 heterocycles. The molecule has 1 rings (SSSR count).